The first-order valence-corrected chi connectivity index (χ1v) is 16.2. The minimum absolute atomic E-state index is 0.0190. The molecule has 0 saturated carbocycles. The molecule has 0 aliphatic rings. The third-order valence-electron chi connectivity index (χ3n) is 7.20. The van der Waals surface area contributed by atoms with E-state index >= 15 is 0 Å². The molecule has 5 rings (SSSR count). The van der Waals surface area contributed by atoms with E-state index in [1.807, 2.05) is 54.6 Å². The lowest BCUT2D eigenvalue weighted by molar-refractivity contribution is -0.137. The van der Waals surface area contributed by atoms with Gasteiger partial charge in [-0.15, -0.1) is 11.8 Å². The summed E-state index contributed by atoms with van der Waals surface area (Å²) in [6.07, 6.45) is -3.11. The van der Waals surface area contributed by atoms with Crippen LogP contribution in [0.25, 0.3) is 17.2 Å². The van der Waals surface area contributed by atoms with Crippen molar-refractivity contribution in [2.45, 2.75) is 23.2 Å². The molecule has 11 heteroatoms. The Morgan fingerprint density at radius 1 is 0.755 bits per heavy atom. The fourth-order valence-electron chi connectivity index (χ4n) is 4.68. The lowest BCUT2D eigenvalue weighted by Gasteiger charge is -2.17. The van der Waals surface area contributed by atoms with Gasteiger partial charge in [-0.05, 0) is 84.3 Å². The van der Waals surface area contributed by atoms with Gasteiger partial charge in [-0.2, -0.15) is 13.2 Å². The molecule has 3 N–H and O–H groups in total. The number of carbonyl (C=O) groups excluding carboxylic acids is 3. The third kappa shape index (κ3) is 9.62. The van der Waals surface area contributed by atoms with E-state index < -0.39 is 34.7 Å². The van der Waals surface area contributed by atoms with Crippen molar-refractivity contribution in [1.82, 2.24) is 5.32 Å². The number of rotatable bonds is 10. The van der Waals surface area contributed by atoms with E-state index in [2.05, 4.69) is 16.0 Å². The van der Waals surface area contributed by atoms with Crippen LogP contribution in [0, 0.1) is 0 Å². The Bertz CT molecular complexity index is 1970. The number of hydrogen-bond donors (Lipinski definition) is 3. The van der Waals surface area contributed by atoms with Crippen LogP contribution in [0.4, 0.5) is 24.5 Å². The molecular formula is C38H29ClF3N3O3S. The maximum absolute atomic E-state index is 13.5. The van der Waals surface area contributed by atoms with Gasteiger partial charge < -0.3 is 16.0 Å². The van der Waals surface area contributed by atoms with Crippen molar-refractivity contribution in [3.8, 4) is 11.1 Å². The van der Waals surface area contributed by atoms with E-state index in [9.17, 15) is 27.6 Å². The molecule has 6 nitrogen and oxygen atoms in total. The Hall–Kier alpha value is -5.32. The molecule has 0 spiro atoms. The first-order valence-electron chi connectivity index (χ1n) is 15.0. The zero-order valence-electron chi connectivity index (χ0n) is 25.9. The minimum Gasteiger partial charge on any atom is -0.325 e. The summed E-state index contributed by atoms with van der Waals surface area (Å²) in [5.74, 6) is -1.65. The minimum atomic E-state index is -4.70. The van der Waals surface area contributed by atoms with Gasteiger partial charge in [0.05, 0.1) is 16.5 Å². The molecule has 3 amide bonds. The summed E-state index contributed by atoms with van der Waals surface area (Å²) in [7, 11) is 0. The Morgan fingerprint density at radius 3 is 2.00 bits per heavy atom. The van der Waals surface area contributed by atoms with Crippen molar-refractivity contribution < 1.29 is 27.6 Å². The van der Waals surface area contributed by atoms with Gasteiger partial charge in [0.1, 0.15) is 5.70 Å². The molecule has 0 fully saturated rings. The van der Waals surface area contributed by atoms with Gasteiger partial charge in [0.2, 0.25) is 5.91 Å². The van der Waals surface area contributed by atoms with Gasteiger partial charge >= 0.3 is 6.18 Å². The molecule has 5 aromatic rings. The summed E-state index contributed by atoms with van der Waals surface area (Å²) < 4.78 is 40.4. The predicted molar refractivity (Wildman–Crippen MR) is 189 cm³/mol. The molecule has 49 heavy (non-hydrogen) atoms. The number of thioether (sulfide) groups is 1. The second-order valence-corrected chi connectivity index (χ2v) is 12.6. The molecule has 0 aliphatic carbocycles. The van der Waals surface area contributed by atoms with Crippen molar-refractivity contribution in [2.24, 2.45) is 0 Å². The Labute approximate surface area is 290 Å². The molecule has 1 atom stereocenters. The molecule has 5 aromatic carbocycles. The van der Waals surface area contributed by atoms with Crippen LogP contribution >= 0.6 is 23.4 Å². The normalized spacial score (nSPS) is 12.1. The molecule has 0 aromatic heterocycles. The largest absolute Gasteiger partial charge is 0.418 e. The smallest absolute Gasteiger partial charge is 0.325 e. The standard InChI is InChI=1S/C38H29ClF3N3O3S/c1-24(35(46)44-33-21-16-29(39)23-32(33)38(40,41)42)49-31-19-17-30(18-20-31)43-37(48)34(45-36(47)28-10-6-3-7-11-28)22-25-12-14-27(15-13-25)26-8-4-2-5-9-26/h2-24H,1H3,(H,43,48)(H,44,46)(H,45,47)/b34-22-. The number of carbonyl (C=O) groups is 3. The maximum atomic E-state index is 13.5. The van der Waals surface area contributed by atoms with E-state index in [-0.39, 0.29) is 16.4 Å². The van der Waals surface area contributed by atoms with Crippen molar-refractivity contribution >= 4 is 58.5 Å². The third-order valence-corrected chi connectivity index (χ3v) is 8.54. The first-order chi connectivity index (χ1) is 23.5. The number of nitrogens with one attached hydrogen (secondary N) is 3. The van der Waals surface area contributed by atoms with E-state index in [1.165, 1.54) is 6.07 Å². The summed E-state index contributed by atoms with van der Waals surface area (Å²) in [4.78, 5) is 39.9. The van der Waals surface area contributed by atoms with Crippen LogP contribution in [0.1, 0.15) is 28.4 Å². The number of anilines is 2. The summed E-state index contributed by atoms with van der Waals surface area (Å²) in [5.41, 5.74) is 2.13. The van der Waals surface area contributed by atoms with Crippen LogP contribution < -0.4 is 16.0 Å². The second kappa shape index (κ2) is 15.7. The Kier molecular flexibility index (Phi) is 11.2. The SMILES string of the molecule is CC(Sc1ccc(NC(=O)/C(=C/c2ccc(-c3ccccc3)cc2)NC(=O)c2ccccc2)cc1)C(=O)Nc1ccc(Cl)cc1C(F)(F)F. The van der Waals surface area contributed by atoms with Crippen LogP contribution in [-0.2, 0) is 15.8 Å². The lowest BCUT2D eigenvalue weighted by atomic mass is 10.0. The quantitative estimate of drug-likeness (QED) is 0.100. The van der Waals surface area contributed by atoms with Gasteiger partial charge in [0.15, 0.2) is 0 Å². The van der Waals surface area contributed by atoms with Crippen molar-refractivity contribution in [1.29, 1.82) is 0 Å². The molecular weight excluding hydrogens is 671 g/mol. The number of halogens is 4. The highest BCUT2D eigenvalue weighted by Gasteiger charge is 2.34. The van der Waals surface area contributed by atoms with E-state index in [1.54, 1.807) is 67.6 Å². The molecule has 0 saturated heterocycles. The number of benzene rings is 5. The van der Waals surface area contributed by atoms with Crippen molar-refractivity contribution in [3.63, 3.8) is 0 Å². The number of hydrogen-bond acceptors (Lipinski definition) is 4. The molecule has 0 aliphatic heterocycles. The van der Waals surface area contributed by atoms with Crippen LogP contribution in [-0.4, -0.2) is 23.0 Å². The molecule has 0 heterocycles. The summed E-state index contributed by atoms with van der Waals surface area (Å²) in [5, 5.41) is 6.99. The summed E-state index contributed by atoms with van der Waals surface area (Å²) in [6.45, 7) is 1.57. The van der Waals surface area contributed by atoms with E-state index in [4.69, 9.17) is 11.6 Å². The first kappa shape index (κ1) is 35.0. The second-order valence-electron chi connectivity index (χ2n) is 10.8. The molecule has 0 radical (unpaired) electrons. The van der Waals surface area contributed by atoms with E-state index in [0.717, 1.165) is 35.0 Å². The fraction of sp³-hybridized carbons (Fsp3) is 0.0789. The zero-order valence-corrected chi connectivity index (χ0v) is 27.5. The van der Waals surface area contributed by atoms with Crippen LogP contribution in [0.2, 0.25) is 5.02 Å². The highest BCUT2D eigenvalue weighted by molar-refractivity contribution is 8.00. The van der Waals surface area contributed by atoms with Gasteiger partial charge in [0, 0.05) is 21.2 Å². The van der Waals surface area contributed by atoms with Crippen molar-refractivity contribution in [3.05, 3.63) is 155 Å². The average Bonchev–Trinajstić information content (AvgIpc) is 3.10. The van der Waals surface area contributed by atoms with E-state index in [0.29, 0.717) is 21.7 Å². The summed E-state index contributed by atoms with van der Waals surface area (Å²) in [6, 6.07) is 35.6. The van der Waals surface area contributed by atoms with Crippen LogP contribution in [0.15, 0.2) is 138 Å². The molecule has 0 bridgehead atoms. The van der Waals surface area contributed by atoms with Gasteiger partial charge in [-0.1, -0.05) is 84.4 Å². The van der Waals surface area contributed by atoms with Crippen LogP contribution in [0.5, 0.6) is 0 Å². The zero-order chi connectivity index (χ0) is 35.0. The topological polar surface area (TPSA) is 87.3 Å². The fourth-order valence-corrected chi connectivity index (χ4v) is 5.72. The molecule has 248 valence electrons. The Balaban J connectivity index is 1.28. The highest BCUT2D eigenvalue weighted by Crippen LogP contribution is 2.37. The highest BCUT2D eigenvalue weighted by atomic mass is 35.5. The van der Waals surface area contributed by atoms with Gasteiger partial charge in [-0.25, -0.2) is 0 Å². The van der Waals surface area contributed by atoms with Crippen LogP contribution in [0.3, 0.4) is 0 Å². The maximum Gasteiger partial charge on any atom is 0.418 e. The summed E-state index contributed by atoms with van der Waals surface area (Å²) >= 11 is 6.86. The average molecular weight is 700 g/mol. The van der Waals surface area contributed by atoms with Crippen molar-refractivity contribution in [2.75, 3.05) is 10.6 Å². The number of alkyl halides is 3. The molecule has 1 unspecified atom stereocenters. The lowest BCUT2D eigenvalue weighted by Crippen LogP contribution is -2.30. The predicted octanol–water partition coefficient (Wildman–Crippen LogP) is 9.55. The van der Waals surface area contributed by atoms with Gasteiger partial charge in [-0.3, -0.25) is 14.4 Å². The van der Waals surface area contributed by atoms with Gasteiger partial charge in [0.25, 0.3) is 11.8 Å². The Morgan fingerprint density at radius 2 is 1.37 bits per heavy atom. The monoisotopic (exact) mass is 699 g/mol. The number of amides is 3.